The summed E-state index contributed by atoms with van der Waals surface area (Å²) >= 11 is 6.13. The molecular formula is C16H20ClN5O2. The number of carbonyl (C=O) groups excluding carboxylic acids is 1. The van der Waals surface area contributed by atoms with Gasteiger partial charge in [0.05, 0.1) is 29.8 Å². The highest BCUT2D eigenvalue weighted by Crippen LogP contribution is 2.22. The van der Waals surface area contributed by atoms with Crippen LogP contribution in [-0.4, -0.2) is 44.7 Å². The van der Waals surface area contributed by atoms with E-state index in [0.29, 0.717) is 5.82 Å². The fourth-order valence-corrected chi connectivity index (χ4v) is 3.10. The van der Waals surface area contributed by atoms with Gasteiger partial charge < -0.3 is 14.6 Å². The van der Waals surface area contributed by atoms with Crippen molar-refractivity contribution in [2.45, 2.75) is 37.8 Å². The molecule has 0 unspecified atom stereocenters. The van der Waals surface area contributed by atoms with Gasteiger partial charge in [-0.25, -0.2) is 15.0 Å². The van der Waals surface area contributed by atoms with E-state index < -0.39 is 0 Å². The zero-order chi connectivity index (χ0) is 17.1. The van der Waals surface area contributed by atoms with Gasteiger partial charge in [-0.15, -0.1) is 0 Å². The first-order valence-corrected chi connectivity index (χ1v) is 8.29. The number of hydrogen-bond donors (Lipinski definition) is 1. The molecule has 3 rings (SSSR count). The summed E-state index contributed by atoms with van der Waals surface area (Å²) in [5, 5.41) is 3.26. The number of halogens is 1. The topological polar surface area (TPSA) is 81.9 Å². The normalized spacial score (nSPS) is 20.8. The van der Waals surface area contributed by atoms with Crippen LogP contribution < -0.4 is 5.32 Å². The Hall–Kier alpha value is -1.99. The average molecular weight is 350 g/mol. The summed E-state index contributed by atoms with van der Waals surface area (Å²) in [5.74, 6) is 0.152. The van der Waals surface area contributed by atoms with Crippen molar-refractivity contribution in [2.24, 2.45) is 7.05 Å². The van der Waals surface area contributed by atoms with Crippen molar-refractivity contribution in [3.05, 3.63) is 29.4 Å². The van der Waals surface area contributed by atoms with E-state index in [9.17, 15) is 4.79 Å². The Morgan fingerprint density at radius 3 is 2.71 bits per heavy atom. The van der Waals surface area contributed by atoms with Gasteiger partial charge in [-0.3, -0.25) is 4.79 Å². The minimum absolute atomic E-state index is 0.120. The number of imidazole rings is 1. The van der Waals surface area contributed by atoms with E-state index in [1.54, 1.807) is 24.2 Å². The summed E-state index contributed by atoms with van der Waals surface area (Å²) in [6.45, 7) is 0. The molecule has 128 valence electrons. The van der Waals surface area contributed by atoms with Gasteiger partial charge in [-0.2, -0.15) is 0 Å². The molecule has 1 fully saturated rings. The fraction of sp³-hybridized carbons (Fsp3) is 0.500. The van der Waals surface area contributed by atoms with E-state index in [1.165, 1.54) is 6.20 Å². The van der Waals surface area contributed by atoms with Gasteiger partial charge in [-0.05, 0) is 25.7 Å². The molecule has 0 atom stereocenters. The smallest absolute Gasteiger partial charge is 0.271 e. The van der Waals surface area contributed by atoms with Crippen LogP contribution in [0.1, 0.15) is 36.2 Å². The quantitative estimate of drug-likeness (QED) is 0.915. The summed E-state index contributed by atoms with van der Waals surface area (Å²) in [4.78, 5) is 25.1. The second kappa shape index (κ2) is 7.27. The summed E-state index contributed by atoms with van der Waals surface area (Å²) < 4.78 is 7.14. The highest BCUT2D eigenvalue weighted by molar-refractivity contribution is 6.33. The zero-order valence-corrected chi connectivity index (χ0v) is 14.5. The molecule has 0 spiro atoms. The molecule has 2 aromatic rings. The first-order valence-electron chi connectivity index (χ1n) is 7.91. The molecule has 1 amide bonds. The van der Waals surface area contributed by atoms with Gasteiger partial charge in [0, 0.05) is 20.2 Å². The Labute approximate surface area is 145 Å². The average Bonchev–Trinajstić information content (AvgIpc) is 3.02. The van der Waals surface area contributed by atoms with E-state index in [2.05, 4.69) is 20.3 Å². The number of nitrogens with one attached hydrogen (secondary N) is 1. The molecule has 7 nitrogen and oxygen atoms in total. The van der Waals surface area contributed by atoms with Crippen molar-refractivity contribution in [2.75, 3.05) is 7.11 Å². The van der Waals surface area contributed by atoms with Crippen molar-refractivity contribution in [3.63, 3.8) is 0 Å². The lowest BCUT2D eigenvalue weighted by atomic mass is 9.93. The number of methoxy groups -OCH3 is 1. The zero-order valence-electron chi connectivity index (χ0n) is 13.7. The number of hydrogen-bond acceptors (Lipinski definition) is 5. The van der Waals surface area contributed by atoms with E-state index in [1.807, 2.05) is 7.05 Å². The number of carbonyl (C=O) groups is 1. The Morgan fingerprint density at radius 2 is 2.08 bits per heavy atom. The number of rotatable bonds is 4. The number of aromatic nitrogens is 4. The Morgan fingerprint density at radius 1 is 1.33 bits per heavy atom. The third-order valence-corrected chi connectivity index (χ3v) is 4.62. The van der Waals surface area contributed by atoms with Gasteiger partial charge in [0.25, 0.3) is 5.91 Å². The van der Waals surface area contributed by atoms with Crippen LogP contribution in [0.15, 0.2) is 18.7 Å². The van der Waals surface area contributed by atoms with Gasteiger partial charge >= 0.3 is 0 Å². The Balaban J connectivity index is 1.74. The van der Waals surface area contributed by atoms with Crippen molar-refractivity contribution in [1.82, 2.24) is 24.8 Å². The molecule has 0 radical (unpaired) electrons. The maximum Gasteiger partial charge on any atom is 0.271 e. The lowest BCUT2D eigenvalue weighted by molar-refractivity contribution is 0.0598. The standard InChI is InChI=1S/C16H20ClN5O2/c1-22-9-18-8-13(22)15-19-7-12(17)14(21-15)16(23)20-10-3-5-11(24-2)6-4-10/h7-11H,3-6H2,1-2H3,(H,20,23). The van der Waals surface area contributed by atoms with Crippen molar-refractivity contribution < 1.29 is 9.53 Å². The van der Waals surface area contributed by atoms with Gasteiger partial charge in [-0.1, -0.05) is 11.6 Å². The van der Waals surface area contributed by atoms with Crippen LogP contribution in [0, 0.1) is 0 Å². The van der Waals surface area contributed by atoms with E-state index >= 15 is 0 Å². The predicted molar refractivity (Wildman–Crippen MR) is 89.8 cm³/mol. The minimum atomic E-state index is -0.272. The maximum absolute atomic E-state index is 12.6. The third kappa shape index (κ3) is 3.57. The molecule has 1 N–H and O–H groups in total. The summed E-state index contributed by atoms with van der Waals surface area (Å²) in [6.07, 6.45) is 8.71. The molecule has 1 aliphatic rings. The van der Waals surface area contributed by atoms with Crippen LogP contribution in [0.3, 0.4) is 0 Å². The Kier molecular flexibility index (Phi) is 5.11. The summed E-state index contributed by atoms with van der Waals surface area (Å²) in [6, 6.07) is 0.120. The predicted octanol–water partition coefficient (Wildman–Crippen LogP) is 2.22. The summed E-state index contributed by atoms with van der Waals surface area (Å²) in [7, 11) is 3.57. The van der Waals surface area contributed by atoms with Crippen molar-refractivity contribution >= 4 is 17.5 Å². The fourth-order valence-electron chi connectivity index (χ4n) is 2.92. The molecule has 0 aliphatic heterocycles. The molecule has 2 heterocycles. The lowest BCUT2D eigenvalue weighted by Crippen LogP contribution is -2.39. The molecular weight excluding hydrogens is 330 g/mol. The van der Waals surface area contributed by atoms with Crippen LogP contribution in [0.25, 0.3) is 11.5 Å². The van der Waals surface area contributed by atoms with E-state index in [0.717, 1.165) is 31.4 Å². The van der Waals surface area contributed by atoms with Crippen LogP contribution in [0.2, 0.25) is 5.02 Å². The van der Waals surface area contributed by atoms with Crippen LogP contribution in [0.5, 0.6) is 0 Å². The molecule has 8 heteroatoms. The second-order valence-electron chi connectivity index (χ2n) is 5.96. The third-order valence-electron chi connectivity index (χ3n) is 4.35. The number of aryl methyl sites for hydroxylation is 1. The molecule has 1 aliphatic carbocycles. The van der Waals surface area contributed by atoms with Gasteiger partial charge in [0.1, 0.15) is 5.69 Å². The largest absolute Gasteiger partial charge is 0.381 e. The SMILES string of the molecule is COC1CCC(NC(=O)c2nc(-c3cncn3C)ncc2Cl)CC1. The number of nitrogens with zero attached hydrogens (tertiary/aromatic N) is 4. The highest BCUT2D eigenvalue weighted by atomic mass is 35.5. The van der Waals surface area contributed by atoms with Crippen LogP contribution >= 0.6 is 11.6 Å². The number of ether oxygens (including phenoxy) is 1. The lowest BCUT2D eigenvalue weighted by Gasteiger charge is -2.28. The molecule has 0 bridgehead atoms. The van der Waals surface area contributed by atoms with Crippen molar-refractivity contribution in [1.29, 1.82) is 0 Å². The molecule has 1 saturated carbocycles. The molecule has 24 heavy (non-hydrogen) atoms. The highest BCUT2D eigenvalue weighted by Gasteiger charge is 2.24. The van der Waals surface area contributed by atoms with E-state index in [4.69, 9.17) is 16.3 Å². The van der Waals surface area contributed by atoms with Crippen molar-refractivity contribution in [3.8, 4) is 11.5 Å². The Bertz CT molecular complexity index is 725. The summed E-state index contributed by atoms with van der Waals surface area (Å²) in [5.41, 5.74) is 0.915. The molecule has 0 aromatic carbocycles. The minimum Gasteiger partial charge on any atom is -0.381 e. The second-order valence-corrected chi connectivity index (χ2v) is 6.37. The van der Waals surface area contributed by atoms with Gasteiger partial charge in [0.2, 0.25) is 0 Å². The van der Waals surface area contributed by atoms with Gasteiger partial charge in [0.15, 0.2) is 11.5 Å². The van der Waals surface area contributed by atoms with Crippen LogP contribution in [0.4, 0.5) is 0 Å². The first-order chi connectivity index (χ1) is 11.6. The number of amides is 1. The maximum atomic E-state index is 12.6. The molecule has 2 aromatic heterocycles. The monoisotopic (exact) mass is 349 g/mol. The van der Waals surface area contributed by atoms with E-state index in [-0.39, 0.29) is 28.8 Å². The van der Waals surface area contributed by atoms with Crippen LogP contribution in [-0.2, 0) is 11.8 Å². The first kappa shape index (κ1) is 16.9. The molecule has 0 saturated heterocycles.